The SMILES string of the molecule is FC(F)(F)c1cc([B-](c2cc(C(F)(F)F)cc(C(F)(F)F)c2)(c2cc(C(F)(F)F)cc(C(F)(F)F)c2)c2cc(C(F)(F)F)cc(C(F)(F)F)c2)cc(C(F)(F)F)c1.O=C(C[n+]1ccncc1C(=O)Oc1ccc(-c2ccccc2)cc1)c1ccccc1. The second-order valence-corrected chi connectivity index (χ2v) is 18.9. The van der Waals surface area contributed by atoms with E-state index in [1.54, 1.807) is 47.2 Å². The monoisotopic (exact) mass is 1260 g/mol. The van der Waals surface area contributed by atoms with Gasteiger partial charge < -0.3 is 4.74 Å². The number of aromatic nitrogens is 2. The molecule has 0 aliphatic rings. The molecule has 0 amide bonds. The van der Waals surface area contributed by atoms with Gasteiger partial charge in [-0.1, -0.05) is 121 Å². The highest BCUT2D eigenvalue weighted by Gasteiger charge is 2.47. The normalized spacial score (nSPS) is 13.0. The summed E-state index contributed by atoms with van der Waals surface area (Å²) in [6.07, 6.45) is -50.3. The third-order valence-electron chi connectivity index (χ3n) is 13.1. The molecular weight excluding hydrogens is 1230 g/mol. The van der Waals surface area contributed by atoms with Crippen LogP contribution in [0.5, 0.6) is 5.75 Å². The number of carbonyl (C=O) groups is 2. The highest BCUT2D eigenvalue weighted by atomic mass is 19.4. The van der Waals surface area contributed by atoms with E-state index < -0.39 is 201 Å². The molecule has 0 fully saturated rings. The maximum absolute atomic E-state index is 14.2. The Balaban J connectivity index is 0.000000300. The third kappa shape index (κ3) is 15.4. The fourth-order valence-corrected chi connectivity index (χ4v) is 9.14. The summed E-state index contributed by atoms with van der Waals surface area (Å²) in [4.78, 5) is 29.2. The molecule has 0 unspecified atom stereocenters. The number of ether oxygens (including phenoxy) is 1. The van der Waals surface area contributed by atoms with Gasteiger partial charge in [-0.05, 0) is 47.5 Å². The quantitative estimate of drug-likeness (QED) is 0.0342. The minimum absolute atomic E-state index is 0.0178. The number of hydrogen-bond acceptors (Lipinski definition) is 4. The summed E-state index contributed by atoms with van der Waals surface area (Å²) in [6, 6.07) is 17.4. The van der Waals surface area contributed by atoms with Crippen molar-refractivity contribution in [2.45, 2.75) is 56.0 Å². The molecule has 458 valence electrons. The topological polar surface area (TPSA) is 60.1 Å². The van der Waals surface area contributed by atoms with Crippen molar-refractivity contribution in [3.8, 4) is 16.9 Å². The molecule has 1 heterocycles. The Morgan fingerprint density at radius 3 is 0.966 bits per heavy atom. The zero-order chi connectivity index (χ0) is 64.7. The van der Waals surface area contributed by atoms with E-state index in [-0.39, 0.29) is 18.0 Å². The number of benzene rings is 7. The second-order valence-electron chi connectivity index (χ2n) is 18.9. The molecule has 8 aromatic rings. The lowest BCUT2D eigenvalue weighted by molar-refractivity contribution is -0.686. The van der Waals surface area contributed by atoms with Gasteiger partial charge in [-0.15, -0.1) is 0 Å². The molecule has 0 N–H and O–H groups in total. The molecule has 0 saturated carbocycles. The summed E-state index contributed by atoms with van der Waals surface area (Å²) in [6.45, 7) is 0.0178. The number of esters is 1. The molecule has 0 aliphatic carbocycles. The van der Waals surface area contributed by atoms with Crippen molar-refractivity contribution in [3.05, 3.63) is 232 Å². The molecule has 0 atom stereocenters. The Kier molecular flexibility index (Phi) is 18.0. The summed E-state index contributed by atoms with van der Waals surface area (Å²) < 4.78 is 348. The molecule has 0 radical (unpaired) electrons. The van der Waals surface area contributed by atoms with Crippen LogP contribution in [-0.4, -0.2) is 22.9 Å². The summed E-state index contributed by atoms with van der Waals surface area (Å²) in [5, 5.41) is 0. The van der Waals surface area contributed by atoms with Crippen molar-refractivity contribution in [1.82, 2.24) is 4.98 Å². The Morgan fingerprint density at radius 2 is 0.667 bits per heavy atom. The number of rotatable bonds is 10. The summed E-state index contributed by atoms with van der Waals surface area (Å²) in [7, 11) is 0. The van der Waals surface area contributed by atoms with E-state index in [2.05, 4.69) is 4.98 Å². The lowest BCUT2D eigenvalue weighted by Crippen LogP contribution is -2.75. The maximum Gasteiger partial charge on any atom is 0.416 e. The fraction of sp³-hybridized carbons (Fsp3) is 0.158. The average molecular weight is 1260 g/mol. The lowest BCUT2D eigenvalue weighted by Gasteiger charge is -2.46. The van der Waals surface area contributed by atoms with Crippen LogP contribution in [-0.2, 0) is 56.0 Å². The Morgan fingerprint density at radius 1 is 0.379 bits per heavy atom. The molecule has 0 aliphatic heterocycles. The largest absolute Gasteiger partial charge is 0.419 e. The van der Waals surface area contributed by atoms with E-state index in [0.29, 0.717) is 11.3 Å². The molecule has 5 nitrogen and oxygen atoms in total. The van der Waals surface area contributed by atoms with Gasteiger partial charge in [0.05, 0.1) is 50.7 Å². The van der Waals surface area contributed by atoms with Crippen molar-refractivity contribution in [1.29, 1.82) is 0 Å². The molecule has 7 aromatic carbocycles. The predicted octanol–water partition coefficient (Wildman–Crippen LogP) is 15.4. The van der Waals surface area contributed by atoms with Crippen LogP contribution in [0.25, 0.3) is 11.1 Å². The van der Waals surface area contributed by atoms with Crippen LogP contribution < -0.4 is 31.2 Å². The highest BCUT2D eigenvalue weighted by Crippen LogP contribution is 2.42. The number of hydrogen-bond donors (Lipinski definition) is 0. The number of halogens is 24. The van der Waals surface area contributed by atoms with E-state index >= 15 is 0 Å². The molecule has 0 saturated heterocycles. The van der Waals surface area contributed by atoms with Gasteiger partial charge in [0.2, 0.25) is 12.3 Å². The van der Waals surface area contributed by atoms with Crippen LogP contribution in [0.1, 0.15) is 65.4 Å². The van der Waals surface area contributed by atoms with Gasteiger partial charge in [0.15, 0.2) is 6.20 Å². The first-order valence-electron chi connectivity index (χ1n) is 24.1. The summed E-state index contributed by atoms with van der Waals surface area (Å²) in [5.41, 5.74) is -27.3. The van der Waals surface area contributed by atoms with E-state index in [1.165, 1.54) is 12.4 Å². The zero-order valence-electron chi connectivity index (χ0n) is 42.7. The molecule has 87 heavy (non-hydrogen) atoms. The predicted molar refractivity (Wildman–Crippen MR) is 262 cm³/mol. The van der Waals surface area contributed by atoms with Gasteiger partial charge >= 0.3 is 61.1 Å². The zero-order valence-corrected chi connectivity index (χ0v) is 42.7. The highest BCUT2D eigenvalue weighted by molar-refractivity contribution is 7.20. The molecule has 30 heteroatoms. The third-order valence-corrected chi connectivity index (χ3v) is 13.1. The summed E-state index contributed by atoms with van der Waals surface area (Å²) >= 11 is 0. The van der Waals surface area contributed by atoms with Crippen LogP contribution in [0, 0.1) is 0 Å². The van der Waals surface area contributed by atoms with Gasteiger partial charge in [0, 0.05) is 5.56 Å². The van der Waals surface area contributed by atoms with E-state index in [1.807, 2.05) is 48.5 Å². The molecular formula is C57H31BF24N2O3. The lowest BCUT2D eigenvalue weighted by atomic mass is 9.12. The van der Waals surface area contributed by atoms with E-state index in [0.717, 1.165) is 11.1 Å². The average Bonchev–Trinajstić information content (AvgIpc) is 0.720. The number of Topliss-reactive ketones (excluding diaryl/α,β-unsaturated/α-hetero) is 1. The number of nitrogens with zero attached hydrogens (tertiary/aromatic N) is 2. The number of carbonyl (C=O) groups excluding carboxylic acids is 2. The van der Waals surface area contributed by atoms with Gasteiger partial charge in [-0.3, -0.25) is 9.78 Å². The Bertz CT molecular complexity index is 3360. The van der Waals surface area contributed by atoms with Crippen LogP contribution in [0.2, 0.25) is 0 Å². The molecule has 8 rings (SSSR count). The fourth-order valence-electron chi connectivity index (χ4n) is 9.14. The van der Waals surface area contributed by atoms with Crippen molar-refractivity contribution in [3.63, 3.8) is 0 Å². The smallest absolute Gasteiger partial charge is 0.416 e. The Labute approximate surface area is 473 Å². The maximum atomic E-state index is 14.2. The molecule has 1 aromatic heterocycles. The van der Waals surface area contributed by atoms with E-state index in [9.17, 15) is 115 Å². The molecule has 0 bridgehead atoms. The van der Waals surface area contributed by atoms with Crippen molar-refractivity contribution in [2.75, 3.05) is 0 Å². The standard InChI is InChI=1S/C32H12BF24.C25H19N2O3/c34-25(35,36)13-1-14(26(37,38)39)6-21(5-13)33(22-7-15(27(40,41)42)2-16(8-22)28(43,44)45,23-9-17(29(46,47)48)3-18(10-23)30(49,50)51)24-11-19(31(52,53)54)4-20(12-24)32(55,56)57;28-24(21-9-5-2-6-10-21)18-27-16-15-26-17-23(27)25(29)30-22-13-11-20(12-14-22)19-7-3-1-4-8-19/h1-12H;1-17H,18H2/q-1;+1. The van der Waals surface area contributed by atoms with Crippen LogP contribution in [0.4, 0.5) is 105 Å². The van der Waals surface area contributed by atoms with Crippen molar-refractivity contribution >= 4 is 39.7 Å². The first-order valence-corrected chi connectivity index (χ1v) is 24.1. The first-order chi connectivity index (χ1) is 40.0. The number of ketones is 1. The van der Waals surface area contributed by atoms with Crippen LogP contribution in [0.15, 0.2) is 176 Å². The van der Waals surface area contributed by atoms with Crippen LogP contribution in [0.3, 0.4) is 0 Å². The number of alkyl halides is 24. The summed E-state index contributed by atoms with van der Waals surface area (Å²) in [5.74, 6) is -0.256. The first kappa shape index (κ1) is 65.7. The van der Waals surface area contributed by atoms with Gasteiger partial charge in [-0.25, -0.2) is 4.79 Å². The van der Waals surface area contributed by atoms with E-state index in [4.69, 9.17) is 4.74 Å². The second kappa shape index (κ2) is 23.8. The Hall–Kier alpha value is -8.86. The minimum atomic E-state index is -6.13. The minimum Gasteiger partial charge on any atom is -0.419 e. The van der Waals surface area contributed by atoms with Gasteiger partial charge in [0.1, 0.15) is 18.1 Å². The van der Waals surface area contributed by atoms with Gasteiger partial charge in [0.25, 0.3) is 0 Å². The van der Waals surface area contributed by atoms with Crippen molar-refractivity contribution < 1.29 is 124 Å². The van der Waals surface area contributed by atoms with Gasteiger partial charge in [-0.2, -0.15) is 132 Å². The van der Waals surface area contributed by atoms with Crippen LogP contribution >= 0.6 is 0 Å². The van der Waals surface area contributed by atoms with Crippen molar-refractivity contribution in [2.24, 2.45) is 0 Å². The molecule has 0 spiro atoms.